The Morgan fingerprint density at radius 1 is 0.938 bits per heavy atom. The standard InChI is InChI=1S/C29H46O3/c1-16(2)19-14-22(31)25-27(19,5)12-13-28(6)24-18(10-11-29(25,28)7)17-8-9-23(32)26(3,4)20(17)15-21(24)30/h10,16,19,21-25,30-32H,8-9,11-15H2,1-7H3/t19-,21-,22+,23-,24-,25-,27-,28-,29+/m0/s1. The number of aliphatic hydroxyl groups excluding tert-OH is 3. The molecule has 2 fully saturated rings. The van der Waals surface area contributed by atoms with Crippen molar-refractivity contribution in [1.82, 2.24) is 0 Å². The van der Waals surface area contributed by atoms with Gasteiger partial charge in [0.25, 0.3) is 0 Å². The summed E-state index contributed by atoms with van der Waals surface area (Å²) in [5.74, 6) is 1.58. The van der Waals surface area contributed by atoms with E-state index < -0.39 is 6.10 Å². The Bertz CT molecular complexity index is 868. The molecule has 3 heteroatoms. The molecule has 0 unspecified atom stereocenters. The molecule has 9 atom stereocenters. The summed E-state index contributed by atoms with van der Waals surface area (Å²) in [6.07, 6.45) is 8.11. The quantitative estimate of drug-likeness (QED) is 0.492. The molecule has 2 saturated carbocycles. The Morgan fingerprint density at radius 3 is 2.28 bits per heavy atom. The minimum absolute atomic E-state index is 0.0139. The van der Waals surface area contributed by atoms with Gasteiger partial charge in [0.1, 0.15) is 0 Å². The van der Waals surface area contributed by atoms with Crippen molar-refractivity contribution in [2.24, 2.45) is 45.3 Å². The molecule has 5 rings (SSSR count). The molecule has 32 heavy (non-hydrogen) atoms. The summed E-state index contributed by atoms with van der Waals surface area (Å²) in [6, 6.07) is 0. The second-order valence-electron chi connectivity index (χ2n) is 13.8. The maximum Gasteiger partial charge on any atom is 0.0651 e. The summed E-state index contributed by atoms with van der Waals surface area (Å²) in [5.41, 5.74) is 3.99. The van der Waals surface area contributed by atoms with Crippen molar-refractivity contribution < 1.29 is 15.3 Å². The van der Waals surface area contributed by atoms with Gasteiger partial charge in [0.2, 0.25) is 0 Å². The molecule has 0 saturated heterocycles. The lowest BCUT2D eigenvalue weighted by Gasteiger charge is -2.67. The normalized spacial score (nSPS) is 52.2. The highest BCUT2D eigenvalue weighted by Crippen LogP contribution is 2.74. The first-order valence-corrected chi connectivity index (χ1v) is 13.3. The molecule has 0 aromatic heterocycles. The summed E-state index contributed by atoms with van der Waals surface area (Å²) < 4.78 is 0. The maximum absolute atomic E-state index is 11.7. The van der Waals surface area contributed by atoms with Crippen LogP contribution in [0.2, 0.25) is 0 Å². The third kappa shape index (κ3) is 2.65. The minimum Gasteiger partial charge on any atom is -0.393 e. The molecule has 0 amide bonds. The van der Waals surface area contributed by atoms with Crippen molar-refractivity contribution in [3.8, 4) is 0 Å². The van der Waals surface area contributed by atoms with Gasteiger partial charge in [0.15, 0.2) is 0 Å². The molecule has 3 nitrogen and oxygen atoms in total. The van der Waals surface area contributed by atoms with E-state index in [1.54, 1.807) is 0 Å². The molecule has 3 N–H and O–H groups in total. The predicted molar refractivity (Wildman–Crippen MR) is 129 cm³/mol. The van der Waals surface area contributed by atoms with Crippen molar-refractivity contribution in [3.05, 3.63) is 22.8 Å². The number of fused-ring (bicyclic) bond motifs is 6. The van der Waals surface area contributed by atoms with Crippen molar-refractivity contribution in [3.63, 3.8) is 0 Å². The maximum atomic E-state index is 11.7. The first kappa shape index (κ1) is 23.1. The molecule has 0 radical (unpaired) electrons. The fraction of sp³-hybridized carbons (Fsp3) is 0.862. The zero-order chi connectivity index (χ0) is 23.4. The van der Waals surface area contributed by atoms with Gasteiger partial charge < -0.3 is 15.3 Å². The molecule has 180 valence electrons. The highest BCUT2D eigenvalue weighted by molar-refractivity contribution is 5.48. The topological polar surface area (TPSA) is 60.7 Å². The van der Waals surface area contributed by atoms with Gasteiger partial charge >= 0.3 is 0 Å². The SMILES string of the molecule is CC(C)[C@@H]1C[C@@H](O)[C@H]2[C@@]1(C)CC[C@@]1(C)[C@H]3C(=CC[C@]21C)C1=C(C[C@@H]3O)C(C)(C)[C@@H](O)CC1. The lowest BCUT2D eigenvalue weighted by molar-refractivity contribution is -0.177. The van der Waals surface area contributed by atoms with Crippen LogP contribution < -0.4 is 0 Å². The van der Waals surface area contributed by atoms with E-state index in [2.05, 4.69) is 54.5 Å². The minimum atomic E-state index is -0.405. The number of hydrogen-bond donors (Lipinski definition) is 3. The fourth-order valence-corrected chi connectivity index (χ4v) is 10.1. The van der Waals surface area contributed by atoms with Gasteiger partial charge in [-0.2, -0.15) is 0 Å². The molecule has 5 aliphatic rings. The third-order valence-corrected chi connectivity index (χ3v) is 12.0. The van der Waals surface area contributed by atoms with Gasteiger partial charge in [0.05, 0.1) is 18.3 Å². The molecule has 0 aromatic rings. The lowest BCUT2D eigenvalue weighted by atomic mass is 9.38. The van der Waals surface area contributed by atoms with E-state index in [0.29, 0.717) is 18.3 Å². The van der Waals surface area contributed by atoms with E-state index in [1.165, 1.54) is 16.7 Å². The number of rotatable bonds is 1. The van der Waals surface area contributed by atoms with Crippen LogP contribution in [0.4, 0.5) is 0 Å². The van der Waals surface area contributed by atoms with E-state index in [0.717, 1.165) is 38.5 Å². The second-order valence-corrected chi connectivity index (χ2v) is 13.8. The smallest absolute Gasteiger partial charge is 0.0651 e. The van der Waals surface area contributed by atoms with Gasteiger partial charge in [-0.25, -0.2) is 0 Å². The van der Waals surface area contributed by atoms with E-state index in [4.69, 9.17) is 0 Å². The van der Waals surface area contributed by atoms with Gasteiger partial charge in [-0.1, -0.05) is 60.1 Å². The monoisotopic (exact) mass is 442 g/mol. The molecule has 0 bridgehead atoms. The van der Waals surface area contributed by atoms with Crippen molar-refractivity contribution >= 4 is 0 Å². The van der Waals surface area contributed by atoms with Crippen LogP contribution in [0.5, 0.6) is 0 Å². The van der Waals surface area contributed by atoms with Crippen LogP contribution in [0.1, 0.15) is 93.4 Å². The summed E-state index contributed by atoms with van der Waals surface area (Å²) in [4.78, 5) is 0. The average molecular weight is 443 g/mol. The molecule has 0 spiro atoms. The molecule has 0 aromatic carbocycles. The first-order chi connectivity index (χ1) is 14.8. The Morgan fingerprint density at radius 2 is 1.62 bits per heavy atom. The summed E-state index contributed by atoms with van der Waals surface area (Å²) in [6.45, 7) is 16.3. The zero-order valence-electron chi connectivity index (χ0n) is 21.4. The van der Waals surface area contributed by atoms with Crippen LogP contribution in [0.25, 0.3) is 0 Å². The number of allylic oxidation sites excluding steroid dienone is 2. The van der Waals surface area contributed by atoms with Gasteiger partial charge in [0, 0.05) is 11.3 Å². The number of hydrogen-bond acceptors (Lipinski definition) is 3. The van der Waals surface area contributed by atoms with Crippen molar-refractivity contribution in [2.75, 3.05) is 0 Å². The third-order valence-electron chi connectivity index (χ3n) is 12.0. The molecule has 0 aliphatic heterocycles. The van der Waals surface area contributed by atoms with E-state index in [1.807, 2.05) is 0 Å². The van der Waals surface area contributed by atoms with Gasteiger partial charge in [-0.3, -0.25) is 0 Å². The molecule has 0 heterocycles. The Hall–Kier alpha value is -0.640. The van der Waals surface area contributed by atoms with Crippen LogP contribution in [-0.2, 0) is 0 Å². The Labute approximate surface area is 195 Å². The summed E-state index contributed by atoms with van der Waals surface area (Å²) in [5, 5.41) is 33.8. The first-order valence-electron chi connectivity index (χ1n) is 13.3. The summed E-state index contributed by atoms with van der Waals surface area (Å²) in [7, 11) is 0. The molecular formula is C29H46O3. The van der Waals surface area contributed by atoms with E-state index in [-0.39, 0.29) is 45.7 Å². The van der Waals surface area contributed by atoms with Crippen molar-refractivity contribution in [1.29, 1.82) is 0 Å². The molecular weight excluding hydrogens is 396 g/mol. The largest absolute Gasteiger partial charge is 0.393 e. The highest BCUT2D eigenvalue weighted by Gasteiger charge is 2.69. The van der Waals surface area contributed by atoms with Crippen LogP contribution in [0.3, 0.4) is 0 Å². The van der Waals surface area contributed by atoms with Crippen LogP contribution >= 0.6 is 0 Å². The zero-order valence-corrected chi connectivity index (χ0v) is 21.4. The average Bonchev–Trinajstić information content (AvgIpc) is 2.98. The predicted octanol–water partition coefficient (Wildman–Crippen LogP) is 5.64. The Balaban J connectivity index is 1.62. The Kier molecular flexibility index (Phi) is 5.02. The van der Waals surface area contributed by atoms with Crippen LogP contribution in [-0.4, -0.2) is 33.6 Å². The van der Waals surface area contributed by atoms with Gasteiger partial charge in [-0.15, -0.1) is 0 Å². The van der Waals surface area contributed by atoms with Crippen LogP contribution in [0.15, 0.2) is 22.8 Å². The fourth-order valence-electron chi connectivity index (χ4n) is 10.1. The summed E-state index contributed by atoms with van der Waals surface area (Å²) >= 11 is 0. The van der Waals surface area contributed by atoms with Crippen molar-refractivity contribution in [2.45, 2.75) is 112 Å². The highest BCUT2D eigenvalue weighted by atomic mass is 16.3. The van der Waals surface area contributed by atoms with E-state index in [9.17, 15) is 15.3 Å². The van der Waals surface area contributed by atoms with E-state index >= 15 is 0 Å². The second kappa shape index (κ2) is 6.95. The van der Waals surface area contributed by atoms with Crippen LogP contribution in [0, 0.1) is 45.3 Å². The number of aliphatic hydroxyl groups is 3. The lowest BCUT2D eigenvalue weighted by Crippen LogP contribution is -2.62. The van der Waals surface area contributed by atoms with Gasteiger partial charge in [-0.05, 0) is 90.1 Å². The molecule has 5 aliphatic carbocycles.